The number of pyridine rings is 1. The number of aromatic nitrogens is 1. The Kier molecular flexibility index (Phi) is 4.74. The van der Waals surface area contributed by atoms with Crippen molar-refractivity contribution >= 4 is 45.8 Å². The fraction of sp³-hybridized carbons (Fsp3) is 0.412. The Hall–Kier alpha value is -1.72. The number of carboxylic acid groups (broad SMARTS) is 1. The number of hydrogen-bond donors (Lipinski definition) is 1. The van der Waals surface area contributed by atoms with Crippen molar-refractivity contribution in [2.75, 3.05) is 18.0 Å². The minimum Gasteiger partial charge on any atom is -0.477 e. The van der Waals surface area contributed by atoms with Gasteiger partial charge in [0.25, 0.3) is 0 Å². The van der Waals surface area contributed by atoms with Crippen molar-refractivity contribution in [3.05, 3.63) is 38.1 Å². The summed E-state index contributed by atoms with van der Waals surface area (Å²) in [5.74, 6) is -1.25. The monoisotopic (exact) mass is 368 g/mol. The van der Waals surface area contributed by atoms with Crippen molar-refractivity contribution < 1.29 is 9.90 Å². The molecule has 1 N–H and O–H groups in total. The lowest BCUT2D eigenvalue weighted by Crippen LogP contribution is -2.30. The molecule has 1 aromatic heterocycles. The van der Waals surface area contributed by atoms with E-state index < -0.39 is 11.4 Å². The van der Waals surface area contributed by atoms with Gasteiger partial charge in [0.2, 0.25) is 5.43 Å². The van der Waals surface area contributed by atoms with Crippen LogP contribution < -0.4 is 10.3 Å². The van der Waals surface area contributed by atoms with E-state index in [9.17, 15) is 14.7 Å². The van der Waals surface area contributed by atoms with Crippen LogP contribution in [0.15, 0.2) is 17.1 Å². The summed E-state index contributed by atoms with van der Waals surface area (Å²) in [5.41, 5.74) is 0.438. The number of anilines is 1. The molecule has 0 radical (unpaired) electrons. The molecule has 1 aliphatic heterocycles. The largest absolute Gasteiger partial charge is 0.477 e. The predicted octanol–water partition coefficient (Wildman–Crippen LogP) is 4.02. The molecule has 3 rings (SSSR count). The fourth-order valence-corrected chi connectivity index (χ4v) is 4.09. The van der Waals surface area contributed by atoms with Gasteiger partial charge in [0.1, 0.15) is 5.56 Å². The molecule has 0 bridgehead atoms. The number of piperidine rings is 1. The summed E-state index contributed by atoms with van der Waals surface area (Å²) in [6.07, 6.45) is 4.68. The van der Waals surface area contributed by atoms with E-state index in [-0.39, 0.29) is 10.9 Å². The molecular formula is C17H18Cl2N2O3. The molecule has 0 unspecified atom stereocenters. The maximum Gasteiger partial charge on any atom is 0.341 e. The summed E-state index contributed by atoms with van der Waals surface area (Å²) in [5, 5.41) is 10.3. The molecule has 5 nitrogen and oxygen atoms in total. The van der Waals surface area contributed by atoms with Gasteiger partial charge < -0.3 is 14.6 Å². The Balaban J connectivity index is 2.34. The first-order valence-corrected chi connectivity index (χ1v) is 8.74. The molecule has 1 fully saturated rings. The van der Waals surface area contributed by atoms with Crippen molar-refractivity contribution in [1.82, 2.24) is 4.57 Å². The molecule has 24 heavy (non-hydrogen) atoms. The van der Waals surface area contributed by atoms with Crippen LogP contribution in [-0.4, -0.2) is 28.7 Å². The lowest BCUT2D eigenvalue weighted by Gasteiger charge is -2.31. The van der Waals surface area contributed by atoms with Crippen LogP contribution in [0.25, 0.3) is 10.9 Å². The molecule has 1 aliphatic rings. The summed E-state index contributed by atoms with van der Waals surface area (Å²) in [6.45, 7) is 4.11. The van der Waals surface area contributed by atoms with Crippen molar-refractivity contribution in [3.63, 3.8) is 0 Å². The Labute approximate surface area is 149 Å². The second-order valence-electron chi connectivity index (χ2n) is 5.93. The van der Waals surface area contributed by atoms with E-state index in [4.69, 9.17) is 23.2 Å². The van der Waals surface area contributed by atoms with Crippen molar-refractivity contribution in [2.45, 2.75) is 32.7 Å². The summed E-state index contributed by atoms with van der Waals surface area (Å²) in [6, 6.07) is 1.55. The highest BCUT2D eigenvalue weighted by Gasteiger charge is 2.23. The minimum atomic E-state index is -1.25. The van der Waals surface area contributed by atoms with E-state index in [1.807, 2.05) is 6.92 Å². The zero-order valence-electron chi connectivity index (χ0n) is 13.3. The summed E-state index contributed by atoms with van der Waals surface area (Å²) < 4.78 is 1.70. The maximum atomic E-state index is 12.5. The molecule has 1 aromatic carbocycles. The van der Waals surface area contributed by atoms with Gasteiger partial charge in [-0.2, -0.15) is 0 Å². The highest BCUT2D eigenvalue weighted by atomic mass is 35.5. The number of aromatic carboxylic acids is 1. The van der Waals surface area contributed by atoms with Crippen LogP contribution in [0.4, 0.5) is 5.69 Å². The maximum absolute atomic E-state index is 12.5. The lowest BCUT2D eigenvalue weighted by molar-refractivity contribution is 0.0695. The van der Waals surface area contributed by atoms with E-state index in [0.29, 0.717) is 22.1 Å². The minimum absolute atomic E-state index is 0.243. The Bertz CT molecular complexity index is 870. The Morgan fingerprint density at radius 3 is 2.50 bits per heavy atom. The van der Waals surface area contributed by atoms with Crippen LogP contribution in [0, 0.1) is 0 Å². The van der Waals surface area contributed by atoms with Gasteiger partial charge in [-0.3, -0.25) is 4.79 Å². The number of carboxylic acids is 1. The highest BCUT2D eigenvalue weighted by molar-refractivity contribution is 6.42. The smallest absolute Gasteiger partial charge is 0.341 e. The Morgan fingerprint density at radius 1 is 1.25 bits per heavy atom. The van der Waals surface area contributed by atoms with Crippen LogP contribution in [0.2, 0.25) is 10.0 Å². The molecule has 0 spiro atoms. The second kappa shape index (κ2) is 6.65. The van der Waals surface area contributed by atoms with Crippen LogP contribution in [-0.2, 0) is 6.54 Å². The quantitative estimate of drug-likeness (QED) is 0.888. The van der Waals surface area contributed by atoms with Gasteiger partial charge in [-0.1, -0.05) is 23.2 Å². The number of nitrogens with zero attached hydrogens (tertiary/aromatic N) is 2. The number of aryl methyl sites for hydroxylation is 1. The number of hydrogen-bond acceptors (Lipinski definition) is 3. The van der Waals surface area contributed by atoms with Crippen molar-refractivity contribution in [2.24, 2.45) is 0 Å². The normalized spacial score (nSPS) is 15.0. The first-order chi connectivity index (χ1) is 11.5. The van der Waals surface area contributed by atoms with E-state index in [1.54, 1.807) is 10.6 Å². The number of benzene rings is 1. The molecule has 0 aliphatic carbocycles. The summed E-state index contributed by atoms with van der Waals surface area (Å²) >= 11 is 13.1. The molecule has 0 amide bonds. The first kappa shape index (κ1) is 17.1. The van der Waals surface area contributed by atoms with E-state index in [1.165, 1.54) is 12.6 Å². The van der Waals surface area contributed by atoms with E-state index in [0.717, 1.165) is 31.6 Å². The zero-order chi connectivity index (χ0) is 17.4. The van der Waals surface area contributed by atoms with Crippen LogP contribution >= 0.6 is 23.2 Å². The molecular weight excluding hydrogens is 351 g/mol. The van der Waals surface area contributed by atoms with Gasteiger partial charge in [-0.15, -0.1) is 0 Å². The molecule has 2 heterocycles. The number of rotatable bonds is 3. The lowest BCUT2D eigenvalue weighted by atomic mass is 10.1. The third kappa shape index (κ3) is 2.76. The molecule has 0 saturated carbocycles. The third-order valence-corrected chi connectivity index (χ3v) is 5.12. The van der Waals surface area contributed by atoms with Gasteiger partial charge in [-0.25, -0.2) is 4.79 Å². The van der Waals surface area contributed by atoms with Gasteiger partial charge in [0.05, 0.1) is 21.2 Å². The van der Waals surface area contributed by atoms with E-state index in [2.05, 4.69) is 4.90 Å². The van der Waals surface area contributed by atoms with E-state index >= 15 is 0 Å². The number of carbonyl (C=O) groups is 1. The topological polar surface area (TPSA) is 62.5 Å². The summed E-state index contributed by atoms with van der Waals surface area (Å²) in [7, 11) is 0. The van der Waals surface area contributed by atoms with Crippen molar-refractivity contribution in [3.8, 4) is 0 Å². The average molecular weight is 369 g/mol. The SMILES string of the molecule is CCn1cc(C(=O)O)c(=O)c2cc(Cl)c(N3CCCCC3)c(Cl)c21. The molecule has 0 atom stereocenters. The number of fused-ring (bicyclic) bond motifs is 1. The third-order valence-electron chi connectivity index (χ3n) is 4.47. The van der Waals surface area contributed by atoms with Gasteiger partial charge in [0, 0.05) is 31.2 Å². The molecule has 2 aromatic rings. The highest BCUT2D eigenvalue weighted by Crippen LogP contribution is 2.40. The zero-order valence-corrected chi connectivity index (χ0v) is 14.8. The molecule has 128 valence electrons. The van der Waals surface area contributed by atoms with Crippen LogP contribution in [0.5, 0.6) is 0 Å². The van der Waals surface area contributed by atoms with Crippen LogP contribution in [0.1, 0.15) is 36.5 Å². The summed E-state index contributed by atoms with van der Waals surface area (Å²) in [4.78, 5) is 26.0. The van der Waals surface area contributed by atoms with Gasteiger partial charge >= 0.3 is 5.97 Å². The van der Waals surface area contributed by atoms with Crippen LogP contribution in [0.3, 0.4) is 0 Å². The predicted molar refractivity (Wildman–Crippen MR) is 96.9 cm³/mol. The standard InChI is InChI=1S/C17H18Cl2N2O3/c1-2-20-9-11(17(23)24)16(22)10-8-12(18)15(13(19)14(10)20)21-6-4-3-5-7-21/h8-9H,2-7H2,1H3,(H,23,24). The average Bonchev–Trinajstić information content (AvgIpc) is 2.56. The van der Waals surface area contributed by atoms with Crippen molar-refractivity contribution in [1.29, 1.82) is 0 Å². The fourth-order valence-electron chi connectivity index (χ4n) is 3.29. The first-order valence-electron chi connectivity index (χ1n) is 7.99. The molecule has 7 heteroatoms. The Morgan fingerprint density at radius 2 is 1.92 bits per heavy atom. The second-order valence-corrected chi connectivity index (χ2v) is 6.71. The number of halogens is 2. The van der Waals surface area contributed by atoms with Gasteiger partial charge in [0.15, 0.2) is 0 Å². The van der Waals surface area contributed by atoms with Gasteiger partial charge in [-0.05, 0) is 32.3 Å². The molecule has 1 saturated heterocycles.